The van der Waals surface area contributed by atoms with E-state index in [9.17, 15) is 9.59 Å². The van der Waals surface area contributed by atoms with Crippen LogP contribution in [0.4, 0.5) is 11.4 Å². The normalized spacial score (nSPS) is 10.8. The fourth-order valence-electron chi connectivity index (χ4n) is 3.44. The molecule has 36 heavy (non-hydrogen) atoms. The van der Waals surface area contributed by atoms with Crippen LogP contribution < -0.4 is 10.9 Å². The Labute approximate surface area is 221 Å². The number of hydrogen-bond acceptors (Lipinski definition) is 5. The van der Waals surface area contributed by atoms with Crippen LogP contribution in [-0.2, 0) is 12.2 Å². The zero-order chi connectivity index (χ0) is 25.8. The SMILES string of the molecule is [C-]#[N+]c1c(-c2nc(CC)[nH]c2C)nc(SCc2cccc(NC(=O)c3ccc(Cl)c(Cl)c3)c2)[nH]c1=O. The van der Waals surface area contributed by atoms with E-state index < -0.39 is 5.56 Å². The Balaban J connectivity index is 1.53. The fraction of sp³-hybridized carbons (Fsp3) is 0.160. The van der Waals surface area contributed by atoms with E-state index in [0.717, 1.165) is 17.1 Å². The molecule has 182 valence electrons. The molecular formula is C25H20Cl2N6O2S. The average Bonchev–Trinajstić information content (AvgIpc) is 3.24. The molecule has 3 N–H and O–H groups in total. The lowest BCUT2D eigenvalue weighted by Gasteiger charge is -2.09. The molecule has 0 radical (unpaired) electrons. The van der Waals surface area contributed by atoms with E-state index in [1.807, 2.05) is 32.0 Å². The van der Waals surface area contributed by atoms with Gasteiger partial charge in [0.1, 0.15) is 11.5 Å². The van der Waals surface area contributed by atoms with Gasteiger partial charge in [-0.25, -0.2) is 14.8 Å². The third kappa shape index (κ3) is 5.62. The number of rotatable bonds is 7. The minimum absolute atomic E-state index is 0.0939. The molecule has 0 aliphatic heterocycles. The van der Waals surface area contributed by atoms with Gasteiger partial charge in [-0.1, -0.05) is 54.0 Å². The second kappa shape index (κ2) is 11.0. The fourth-order valence-corrected chi connectivity index (χ4v) is 4.54. The van der Waals surface area contributed by atoms with Crippen LogP contribution in [0.5, 0.6) is 0 Å². The third-order valence-corrected chi connectivity index (χ3v) is 6.90. The highest BCUT2D eigenvalue weighted by molar-refractivity contribution is 7.98. The topological polar surface area (TPSA) is 108 Å². The number of anilines is 1. The Hall–Kier alpha value is -3.58. The summed E-state index contributed by atoms with van der Waals surface area (Å²) in [5.74, 6) is 0.912. The molecular weight excluding hydrogens is 519 g/mol. The summed E-state index contributed by atoms with van der Waals surface area (Å²) in [7, 11) is 0. The number of halogens is 2. The molecule has 2 heterocycles. The highest BCUT2D eigenvalue weighted by Gasteiger charge is 2.19. The quantitative estimate of drug-likeness (QED) is 0.142. The molecule has 0 spiro atoms. The molecule has 11 heteroatoms. The van der Waals surface area contributed by atoms with E-state index in [1.54, 1.807) is 18.2 Å². The molecule has 0 unspecified atom stereocenters. The zero-order valence-electron chi connectivity index (χ0n) is 19.3. The van der Waals surface area contributed by atoms with Gasteiger partial charge in [0, 0.05) is 29.1 Å². The van der Waals surface area contributed by atoms with Gasteiger partial charge >= 0.3 is 0 Å². The predicted molar refractivity (Wildman–Crippen MR) is 143 cm³/mol. The van der Waals surface area contributed by atoms with Crippen LogP contribution in [0, 0.1) is 13.5 Å². The van der Waals surface area contributed by atoms with E-state index in [4.69, 9.17) is 29.8 Å². The molecule has 0 aliphatic carbocycles. The highest BCUT2D eigenvalue weighted by atomic mass is 35.5. The number of nitrogens with zero attached hydrogens (tertiary/aromatic N) is 3. The Bertz CT molecular complexity index is 1560. The lowest BCUT2D eigenvalue weighted by molar-refractivity contribution is 0.102. The van der Waals surface area contributed by atoms with Crippen molar-refractivity contribution in [1.82, 2.24) is 19.9 Å². The van der Waals surface area contributed by atoms with Gasteiger partial charge in [-0.05, 0) is 42.8 Å². The summed E-state index contributed by atoms with van der Waals surface area (Å²) in [6.45, 7) is 11.2. The van der Waals surface area contributed by atoms with E-state index in [-0.39, 0.29) is 17.3 Å². The highest BCUT2D eigenvalue weighted by Crippen LogP contribution is 2.30. The van der Waals surface area contributed by atoms with Gasteiger partial charge in [0.15, 0.2) is 5.16 Å². The number of amides is 1. The largest absolute Gasteiger partial charge is 0.346 e. The van der Waals surface area contributed by atoms with Crippen LogP contribution in [-0.4, -0.2) is 25.8 Å². The molecule has 0 bridgehead atoms. The summed E-state index contributed by atoms with van der Waals surface area (Å²) in [5.41, 5.74) is 2.78. The second-order valence-electron chi connectivity index (χ2n) is 7.76. The number of aromatic amines is 2. The van der Waals surface area contributed by atoms with Crippen LogP contribution in [0.3, 0.4) is 0 Å². The number of aryl methyl sites for hydroxylation is 2. The summed E-state index contributed by atoms with van der Waals surface area (Å²) in [6, 6.07) is 12.0. The number of thioether (sulfide) groups is 1. The van der Waals surface area contributed by atoms with E-state index in [2.05, 4.69) is 30.1 Å². The van der Waals surface area contributed by atoms with Gasteiger partial charge < -0.3 is 15.3 Å². The van der Waals surface area contributed by atoms with Gasteiger partial charge in [0.2, 0.25) is 0 Å². The molecule has 4 aromatic rings. The van der Waals surface area contributed by atoms with Crippen molar-refractivity contribution in [2.75, 3.05) is 5.32 Å². The number of aromatic nitrogens is 4. The van der Waals surface area contributed by atoms with Crippen molar-refractivity contribution in [1.29, 1.82) is 0 Å². The first-order valence-corrected chi connectivity index (χ1v) is 12.6. The van der Waals surface area contributed by atoms with Gasteiger partial charge in [-0.2, -0.15) is 0 Å². The number of benzene rings is 2. The Morgan fingerprint density at radius 1 is 1.11 bits per heavy atom. The summed E-state index contributed by atoms with van der Waals surface area (Å²) < 4.78 is 0. The number of carbonyl (C=O) groups excluding carboxylic acids is 1. The number of hydrogen-bond donors (Lipinski definition) is 3. The standard InChI is InChI=1S/C25H20Cl2N6O2S/c1-4-19-29-13(2)20(31-19)21-22(28-3)24(35)33-25(32-21)36-12-14-6-5-7-16(10-14)30-23(34)15-8-9-17(26)18(27)11-15/h5-11H,4,12H2,1-2H3,(H,29,31)(H,30,34)(H,32,33,35). The van der Waals surface area contributed by atoms with Crippen molar-refractivity contribution in [3.63, 3.8) is 0 Å². The third-order valence-electron chi connectivity index (χ3n) is 5.22. The first-order chi connectivity index (χ1) is 17.3. The monoisotopic (exact) mass is 538 g/mol. The first-order valence-electron chi connectivity index (χ1n) is 10.8. The van der Waals surface area contributed by atoms with Gasteiger partial charge in [-0.15, -0.1) is 0 Å². The molecule has 2 aromatic carbocycles. The van der Waals surface area contributed by atoms with Crippen molar-refractivity contribution < 1.29 is 4.79 Å². The van der Waals surface area contributed by atoms with Crippen molar-refractivity contribution in [2.45, 2.75) is 31.2 Å². The van der Waals surface area contributed by atoms with Gasteiger partial charge in [0.25, 0.3) is 17.2 Å². The minimum Gasteiger partial charge on any atom is -0.346 e. The van der Waals surface area contributed by atoms with Crippen LogP contribution in [0.15, 0.2) is 52.4 Å². The predicted octanol–water partition coefficient (Wildman–Crippen LogP) is 6.43. The second-order valence-corrected chi connectivity index (χ2v) is 9.54. The van der Waals surface area contributed by atoms with E-state index in [1.165, 1.54) is 17.8 Å². The van der Waals surface area contributed by atoms with Crippen LogP contribution in [0.1, 0.15) is 34.4 Å². The summed E-state index contributed by atoms with van der Waals surface area (Å²) in [5, 5.41) is 3.89. The van der Waals surface area contributed by atoms with E-state index in [0.29, 0.717) is 44.3 Å². The van der Waals surface area contributed by atoms with Crippen LogP contribution in [0.2, 0.25) is 10.0 Å². The smallest absolute Gasteiger partial charge is 0.277 e. The molecule has 0 saturated heterocycles. The minimum atomic E-state index is -0.513. The Morgan fingerprint density at radius 3 is 2.61 bits per heavy atom. The van der Waals surface area contributed by atoms with Crippen LogP contribution in [0.25, 0.3) is 16.2 Å². The van der Waals surface area contributed by atoms with Crippen molar-refractivity contribution in [2.24, 2.45) is 0 Å². The first kappa shape index (κ1) is 25.5. The van der Waals surface area contributed by atoms with Gasteiger partial charge in [-0.3, -0.25) is 9.59 Å². The molecule has 8 nitrogen and oxygen atoms in total. The maximum Gasteiger partial charge on any atom is 0.277 e. The average molecular weight is 539 g/mol. The number of carbonyl (C=O) groups is 1. The maximum atomic E-state index is 12.6. The molecule has 1 amide bonds. The summed E-state index contributed by atoms with van der Waals surface area (Å²) in [4.78, 5) is 43.4. The molecule has 0 atom stereocenters. The van der Waals surface area contributed by atoms with Crippen molar-refractivity contribution in [3.8, 4) is 11.4 Å². The molecule has 0 aliphatic rings. The molecule has 0 saturated carbocycles. The van der Waals surface area contributed by atoms with Crippen molar-refractivity contribution >= 4 is 52.2 Å². The molecule has 4 rings (SSSR count). The molecule has 0 fully saturated rings. The summed E-state index contributed by atoms with van der Waals surface area (Å²) >= 11 is 13.3. The van der Waals surface area contributed by atoms with E-state index >= 15 is 0 Å². The van der Waals surface area contributed by atoms with Crippen LogP contribution >= 0.6 is 35.0 Å². The lowest BCUT2D eigenvalue weighted by atomic mass is 10.2. The zero-order valence-corrected chi connectivity index (χ0v) is 21.6. The molecule has 2 aromatic heterocycles. The van der Waals surface area contributed by atoms with Crippen molar-refractivity contribution in [3.05, 3.63) is 96.9 Å². The lowest BCUT2D eigenvalue weighted by Crippen LogP contribution is -2.12. The maximum absolute atomic E-state index is 12.6. The number of imidazole rings is 1. The Kier molecular flexibility index (Phi) is 7.79. The number of nitrogens with one attached hydrogen (secondary N) is 3. The number of H-pyrrole nitrogens is 2. The summed E-state index contributed by atoms with van der Waals surface area (Å²) in [6.07, 6.45) is 0.691. The van der Waals surface area contributed by atoms with Gasteiger partial charge in [0.05, 0.1) is 22.3 Å². The Morgan fingerprint density at radius 2 is 1.92 bits per heavy atom.